The van der Waals surface area contributed by atoms with Gasteiger partial charge in [0.15, 0.2) is 0 Å². The fourth-order valence-corrected chi connectivity index (χ4v) is 3.51. The number of carbonyl (C=O) groups is 1. The van der Waals surface area contributed by atoms with Crippen LogP contribution in [-0.4, -0.2) is 54.0 Å². The van der Waals surface area contributed by atoms with Crippen LogP contribution in [0.1, 0.15) is 46.0 Å². The van der Waals surface area contributed by atoms with Gasteiger partial charge in [0.05, 0.1) is 6.04 Å². The van der Waals surface area contributed by atoms with Crippen LogP contribution in [0.4, 0.5) is 0 Å². The zero-order chi connectivity index (χ0) is 13.8. The molecule has 1 amide bonds. The Morgan fingerprint density at radius 2 is 2.05 bits per heavy atom. The second-order valence-electron chi connectivity index (χ2n) is 6.24. The van der Waals surface area contributed by atoms with Gasteiger partial charge in [0.1, 0.15) is 0 Å². The van der Waals surface area contributed by atoms with Crippen LogP contribution in [0.15, 0.2) is 0 Å². The Balaban J connectivity index is 1.94. The maximum Gasteiger partial charge on any atom is 0.239 e. The first-order valence-corrected chi connectivity index (χ1v) is 7.92. The lowest BCUT2D eigenvalue weighted by atomic mass is 9.91. The van der Waals surface area contributed by atoms with Crippen molar-refractivity contribution in [1.82, 2.24) is 9.80 Å². The van der Waals surface area contributed by atoms with Crippen LogP contribution in [0.3, 0.4) is 0 Å². The molecule has 0 spiro atoms. The molecular formula is C15H29N3O. The van der Waals surface area contributed by atoms with Gasteiger partial charge in [-0.25, -0.2) is 0 Å². The van der Waals surface area contributed by atoms with E-state index in [2.05, 4.69) is 23.6 Å². The molecule has 0 aromatic rings. The largest absolute Gasteiger partial charge is 0.341 e. The third-order valence-electron chi connectivity index (χ3n) is 4.67. The van der Waals surface area contributed by atoms with Crippen molar-refractivity contribution in [3.8, 4) is 0 Å². The molecule has 0 unspecified atom stereocenters. The number of hydrogen-bond donors (Lipinski definition) is 1. The smallest absolute Gasteiger partial charge is 0.239 e. The number of nitrogens with zero attached hydrogens (tertiary/aromatic N) is 2. The van der Waals surface area contributed by atoms with E-state index in [-0.39, 0.29) is 12.1 Å². The van der Waals surface area contributed by atoms with E-state index in [1.54, 1.807) is 0 Å². The summed E-state index contributed by atoms with van der Waals surface area (Å²) in [6.07, 6.45) is 5.62. The maximum absolute atomic E-state index is 12.7. The summed E-state index contributed by atoms with van der Waals surface area (Å²) in [4.78, 5) is 17.1. The number of nitrogens with two attached hydrogens (primary N) is 1. The van der Waals surface area contributed by atoms with Gasteiger partial charge in [0.25, 0.3) is 0 Å². The van der Waals surface area contributed by atoms with Gasteiger partial charge < -0.3 is 10.6 Å². The Morgan fingerprint density at radius 3 is 2.74 bits per heavy atom. The minimum Gasteiger partial charge on any atom is -0.341 e. The van der Waals surface area contributed by atoms with Gasteiger partial charge in [-0.2, -0.15) is 0 Å². The van der Waals surface area contributed by atoms with E-state index in [0.717, 1.165) is 45.4 Å². The molecule has 4 heteroatoms. The normalized spacial score (nSPS) is 30.6. The molecule has 2 saturated heterocycles. The quantitative estimate of drug-likeness (QED) is 0.838. The van der Waals surface area contributed by atoms with Gasteiger partial charge in [-0.1, -0.05) is 6.92 Å². The summed E-state index contributed by atoms with van der Waals surface area (Å²) in [6.45, 7) is 8.20. The molecule has 4 nitrogen and oxygen atoms in total. The summed E-state index contributed by atoms with van der Waals surface area (Å²) in [5, 5.41) is 0. The lowest BCUT2D eigenvalue weighted by Crippen LogP contribution is -2.51. The molecule has 2 aliphatic heterocycles. The Bertz CT molecular complexity index is 306. The summed E-state index contributed by atoms with van der Waals surface area (Å²) in [6, 6.07) is 0.345. The molecule has 0 bridgehead atoms. The van der Waals surface area contributed by atoms with Crippen molar-refractivity contribution < 1.29 is 4.79 Å². The molecule has 2 N–H and O–H groups in total. The van der Waals surface area contributed by atoms with Gasteiger partial charge in [-0.15, -0.1) is 0 Å². The fourth-order valence-electron chi connectivity index (χ4n) is 3.51. The number of carbonyl (C=O) groups excluding carboxylic acids is 1. The van der Waals surface area contributed by atoms with E-state index in [0.29, 0.717) is 11.8 Å². The van der Waals surface area contributed by atoms with Crippen molar-refractivity contribution in [2.45, 2.75) is 58.0 Å². The van der Waals surface area contributed by atoms with E-state index >= 15 is 0 Å². The second kappa shape index (κ2) is 6.71. The first-order valence-electron chi connectivity index (χ1n) is 7.92. The number of hydrogen-bond acceptors (Lipinski definition) is 3. The molecule has 2 aliphatic rings. The molecule has 0 aliphatic carbocycles. The molecule has 2 rings (SSSR count). The van der Waals surface area contributed by atoms with Gasteiger partial charge in [0, 0.05) is 19.1 Å². The number of rotatable bonds is 4. The Kier molecular flexibility index (Phi) is 5.22. The highest BCUT2D eigenvalue weighted by atomic mass is 16.2. The maximum atomic E-state index is 12.7. The average molecular weight is 267 g/mol. The van der Waals surface area contributed by atoms with Crippen LogP contribution in [-0.2, 0) is 4.79 Å². The van der Waals surface area contributed by atoms with Gasteiger partial charge in [-0.3, -0.25) is 9.69 Å². The molecule has 0 aromatic heterocycles. The molecule has 0 aromatic carbocycles. The molecule has 0 radical (unpaired) electrons. The summed E-state index contributed by atoms with van der Waals surface area (Å²) >= 11 is 0. The monoisotopic (exact) mass is 267 g/mol. The Hall–Kier alpha value is -0.610. The predicted octanol–water partition coefficient (Wildman–Crippen LogP) is 1.45. The zero-order valence-corrected chi connectivity index (χ0v) is 12.5. The SMILES string of the molecule is CCCN1CCC[C@@H]1C(=O)N1CCC[C@H]([C@H](C)N)C1. The topological polar surface area (TPSA) is 49.6 Å². The average Bonchev–Trinajstić information content (AvgIpc) is 2.86. The van der Waals surface area contributed by atoms with Crippen LogP contribution in [0.25, 0.3) is 0 Å². The van der Waals surface area contributed by atoms with E-state index < -0.39 is 0 Å². The molecule has 110 valence electrons. The number of amides is 1. The molecular weight excluding hydrogens is 238 g/mol. The predicted molar refractivity (Wildman–Crippen MR) is 77.8 cm³/mol. The summed E-state index contributed by atoms with van der Waals surface area (Å²) in [5.41, 5.74) is 6.01. The second-order valence-corrected chi connectivity index (χ2v) is 6.24. The lowest BCUT2D eigenvalue weighted by molar-refractivity contribution is -0.138. The van der Waals surface area contributed by atoms with Crippen molar-refractivity contribution in [2.75, 3.05) is 26.2 Å². The van der Waals surface area contributed by atoms with Crippen molar-refractivity contribution in [2.24, 2.45) is 11.7 Å². The highest BCUT2D eigenvalue weighted by Crippen LogP contribution is 2.24. The first kappa shape index (κ1) is 14.8. The van der Waals surface area contributed by atoms with Crippen molar-refractivity contribution >= 4 is 5.91 Å². The standard InChI is InChI=1S/C15H29N3O/c1-3-8-17-9-5-7-14(17)15(19)18-10-4-6-13(11-18)12(2)16/h12-14H,3-11,16H2,1-2H3/t12-,13-,14+/m0/s1. The van der Waals surface area contributed by atoms with E-state index in [4.69, 9.17) is 5.73 Å². The summed E-state index contributed by atoms with van der Waals surface area (Å²) in [5.74, 6) is 0.843. The number of piperidine rings is 1. The zero-order valence-electron chi connectivity index (χ0n) is 12.5. The van der Waals surface area contributed by atoms with Crippen LogP contribution in [0.5, 0.6) is 0 Å². The van der Waals surface area contributed by atoms with Crippen molar-refractivity contribution in [3.05, 3.63) is 0 Å². The van der Waals surface area contributed by atoms with Gasteiger partial charge in [0.2, 0.25) is 5.91 Å². The Morgan fingerprint density at radius 1 is 1.32 bits per heavy atom. The van der Waals surface area contributed by atoms with Crippen LogP contribution >= 0.6 is 0 Å². The highest BCUT2D eigenvalue weighted by molar-refractivity contribution is 5.82. The van der Waals surface area contributed by atoms with Crippen molar-refractivity contribution in [3.63, 3.8) is 0 Å². The minimum absolute atomic E-state index is 0.145. The van der Waals surface area contributed by atoms with Crippen LogP contribution in [0, 0.1) is 5.92 Å². The van der Waals surface area contributed by atoms with Gasteiger partial charge in [-0.05, 0) is 58.0 Å². The van der Waals surface area contributed by atoms with Crippen LogP contribution in [0.2, 0.25) is 0 Å². The molecule has 3 atom stereocenters. The van der Waals surface area contributed by atoms with Crippen LogP contribution < -0.4 is 5.73 Å². The molecule has 2 fully saturated rings. The van der Waals surface area contributed by atoms with E-state index in [1.165, 1.54) is 12.8 Å². The Labute approximate surface area is 117 Å². The van der Waals surface area contributed by atoms with Gasteiger partial charge >= 0.3 is 0 Å². The van der Waals surface area contributed by atoms with E-state index in [1.807, 2.05) is 0 Å². The summed E-state index contributed by atoms with van der Waals surface area (Å²) in [7, 11) is 0. The third-order valence-corrected chi connectivity index (χ3v) is 4.67. The number of likely N-dealkylation sites (tertiary alicyclic amines) is 2. The molecule has 2 heterocycles. The molecule has 0 saturated carbocycles. The third kappa shape index (κ3) is 3.48. The lowest BCUT2D eigenvalue weighted by Gasteiger charge is -2.37. The highest BCUT2D eigenvalue weighted by Gasteiger charge is 2.35. The minimum atomic E-state index is 0.145. The summed E-state index contributed by atoms with van der Waals surface area (Å²) < 4.78 is 0. The fraction of sp³-hybridized carbons (Fsp3) is 0.933. The molecule has 19 heavy (non-hydrogen) atoms. The first-order chi connectivity index (χ1) is 9.13. The van der Waals surface area contributed by atoms with Crippen molar-refractivity contribution in [1.29, 1.82) is 0 Å². The van der Waals surface area contributed by atoms with E-state index in [9.17, 15) is 4.79 Å².